The Morgan fingerprint density at radius 3 is 2.58 bits per heavy atom. The highest BCUT2D eigenvalue weighted by Gasteiger charge is 2.14. The van der Waals surface area contributed by atoms with Crippen LogP contribution in [0.5, 0.6) is 5.75 Å². The van der Waals surface area contributed by atoms with E-state index in [0.29, 0.717) is 5.56 Å². The smallest absolute Gasteiger partial charge is 0.387 e. The Labute approximate surface area is 106 Å². The number of aromatic nitrogens is 2. The van der Waals surface area contributed by atoms with E-state index in [1.54, 1.807) is 0 Å². The minimum atomic E-state index is -2.87. The third-order valence-corrected chi connectivity index (χ3v) is 2.30. The van der Waals surface area contributed by atoms with E-state index in [9.17, 15) is 8.78 Å². The number of aliphatic hydroxyl groups is 1. The molecule has 1 aromatic carbocycles. The van der Waals surface area contributed by atoms with Crippen molar-refractivity contribution in [2.75, 3.05) is 6.61 Å². The molecule has 0 spiro atoms. The number of alkyl halides is 2. The summed E-state index contributed by atoms with van der Waals surface area (Å²) in [5, 5.41) is 12.5. The number of hydrogen-bond donors (Lipinski definition) is 2. The predicted octanol–water partition coefficient (Wildman–Crippen LogP) is 1.33. The summed E-state index contributed by atoms with van der Waals surface area (Å²) in [5.74, 6) is 0.387. The molecule has 102 valence electrons. The molecule has 19 heavy (non-hydrogen) atoms. The lowest BCUT2D eigenvalue weighted by atomic mass is 10.2. The lowest BCUT2D eigenvalue weighted by molar-refractivity contribution is -0.0498. The second-order valence-corrected chi connectivity index (χ2v) is 3.65. The summed E-state index contributed by atoms with van der Waals surface area (Å²) >= 11 is 0. The van der Waals surface area contributed by atoms with Crippen molar-refractivity contribution in [2.24, 2.45) is 5.73 Å². The van der Waals surface area contributed by atoms with Crippen molar-refractivity contribution < 1.29 is 23.1 Å². The van der Waals surface area contributed by atoms with Crippen molar-refractivity contribution in [1.29, 1.82) is 0 Å². The van der Waals surface area contributed by atoms with E-state index in [2.05, 4.69) is 14.9 Å². The zero-order chi connectivity index (χ0) is 13.8. The Bertz CT molecular complexity index is 530. The Morgan fingerprint density at radius 1 is 1.32 bits per heavy atom. The van der Waals surface area contributed by atoms with Gasteiger partial charge in [0.25, 0.3) is 5.89 Å². The second-order valence-electron chi connectivity index (χ2n) is 3.65. The van der Waals surface area contributed by atoms with Gasteiger partial charge in [-0.1, -0.05) is 5.16 Å². The molecule has 2 aromatic rings. The zero-order valence-electron chi connectivity index (χ0n) is 9.66. The molecule has 3 N–H and O–H groups in total. The van der Waals surface area contributed by atoms with Crippen LogP contribution in [-0.2, 0) is 0 Å². The molecular formula is C11H11F2N3O3. The van der Waals surface area contributed by atoms with Gasteiger partial charge in [0.1, 0.15) is 5.75 Å². The van der Waals surface area contributed by atoms with E-state index >= 15 is 0 Å². The highest BCUT2D eigenvalue weighted by atomic mass is 19.3. The third kappa shape index (κ3) is 3.24. The van der Waals surface area contributed by atoms with E-state index < -0.39 is 12.7 Å². The number of hydrogen-bond acceptors (Lipinski definition) is 6. The molecule has 0 aliphatic heterocycles. The summed E-state index contributed by atoms with van der Waals surface area (Å²) < 4.78 is 33.1. The summed E-state index contributed by atoms with van der Waals surface area (Å²) in [6.07, 6.45) is 0. The van der Waals surface area contributed by atoms with Crippen LogP contribution >= 0.6 is 0 Å². The van der Waals surface area contributed by atoms with E-state index in [-0.39, 0.29) is 24.1 Å². The van der Waals surface area contributed by atoms with Crippen molar-refractivity contribution in [3.8, 4) is 17.2 Å². The zero-order valence-corrected chi connectivity index (χ0v) is 9.66. The highest BCUT2D eigenvalue weighted by Crippen LogP contribution is 2.22. The Morgan fingerprint density at radius 2 is 2.00 bits per heavy atom. The predicted molar refractivity (Wildman–Crippen MR) is 60.4 cm³/mol. The van der Waals surface area contributed by atoms with Crippen LogP contribution in [-0.4, -0.2) is 28.5 Å². The molecule has 2 rings (SSSR count). The molecule has 0 aliphatic carbocycles. The molecule has 1 unspecified atom stereocenters. The standard InChI is InChI=1S/C11H11F2N3O3/c12-11(13)18-7-3-1-6(2-4-7)10-15-9(16-19-10)8(14)5-17/h1-4,8,11,17H,5,14H2. The molecular weight excluding hydrogens is 260 g/mol. The van der Waals surface area contributed by atoms with Crippen molar-refractivity contribution in [3.05, 3.63) is 30.1 Å². The van der Waals surface area contributed by atoms with Gasteiger partial charge in [0.15, 0.2) is 5.82 Å². The van der Waals surface area contributed by atoms with E-state index in [1.165, 1.54) is 24.3 Å². The molecule has 0 fully saturated rings. The molecule has 8 heteroatoms. The minimum absolute atomic E-state index is 0.0329. The Balaban J connectivity index is 2.15. The molecule has 0 saturated carbocycles. The van der Waals surface area contributed by atoms with Gasteiger partial charge in [-0.25, -0.2) is 0 Å². The molecule has 1 atom stereocenters. The van der Waals surface area contributed by atoms with Gasteiger partial charge in [-0.15, -0.1) is 0 Å². The van der Waals surface area contributed by atoms with Crippen LogP contribution in [0.25, 0.3) is 11.5 Å². The van der Waals surface area contributed by atoms with Crippen molar-refractivity contribution in [3.63, 3.8) is 0 Å². The first kappa shape index (κ1) is 13.4. The first-order valence-electron chi connectivity index (χ1n) is 5.35. The monoisotopic (exact) mass is 271 g/mol. The number of halogens is 2. The highest BCUT2D eigenvalue weighted by molar-refractivity contribution is 5.54. The summed E-state index contributed by atoms with van der Waals surface area (Å²) in [6, 6.07) is 4.99. The quantitative estimate of drug-likeness (QED) is 0.852. The fraction of sp³-hybridized carbons (Fsp3) is 0.273. The van der Waals surface area contributed by atoms with Gasteiger partial charge in [-0.05, 0) is 24.3 Å². The number of ether oxygens (including phenoxy) is 1. The topological polar surface area (TPSA) is 94.4 Å². The summed E-state index contributed by atoms with van der Waals surface area (Å²) in [7, 11) is 0. The fourth-order valence-corrected chi connectivity index (χ4v) is 1.36. The largest absolute Gasteiger partial charge is 0.435 e. The van der Waals surface area contributed by atoms with Gasteiger partial charge >= 0.3 is 6.61 Å². The molecule has 0 amide bonds. The van der Waals surface area contributed by atoms with Gasteiger partial charge in [0.05, 0.1) is 12.6 Å². The molecule has 0 bridgehead atoms. The molecule has 1 aromatic heterocycles. The van der Waals surface area contributed by atoms with E-state index in [4.69, 9.17) is 15.4 Å². The van der Waals surface area contributed by atoms with Crippen LogP contribution in [0.2, 0.25) is 0 Å². The van der Waals surface area contributed by atoms with Crippen LogP contribution in [0.3, 0.4) is 0 Å². The van der Waals surface area contributed by atoms with Gasteiger partial charge in [0.2, 0.25) is 0 Å². The number of benzene rings is 1. The van der Waals surface area contributed by atoms with Crippen molar-refractivity contribution in [2.45, 2.75) is 12.7 Å². The van der Waals surface area contributed by atoms with Crippen molar-refractivity contribution >= 4 is 0 Å². The van der Waals surface area contributed by atoms with Gasteiger partial charge in [0, 0.05) is 5.56 Å². The van der Waals surface area contributed by atoms with Gasteiger partial charge < -0.3 is 20.1 Å². The first-order chi connectivity index (χ1) is 9.10. The van der Waals surface area contributed by atoms with E-state index in [0.717, 1.165) is 0 Å². The lowest BCUT2D eigenvalue weighted by Gasteiger charge is -2.03. The molecule has 0 saturated heterocycles. The van der Waals surface area contributed by atoms with E-state index in [1.807, 2.05) is 0 Å². The average molecular weight is 271 g/mol. The minimum Gasteiger partial charge on any atom is -0.435 e. The summed E-state index contributed by atoms with van der Waals surface area (Å²) in [4.78, 5) is 3.99. The molecule has 0 aliphatic rings. The van der Waals surface area contributed by atoms with Crippen LogP contribution < -0.4 is 10.5 Å². The van der Waals surface area contributed by atoms with Crippen LogP contribution in [0, 0.1) is 0 Å². The summed E-state index contributed by atoms with van der Waals surface area (Å²) in [6.45, 7) is -3.18. The number of rotatable bonds is 5. The van der Waals surface area contributed by atoms with Crippen LogP contribution in [0.15, 0.2) is 28.8 Å². The van der Waals surface area contributed by atoms with Gasteiger partial charge in [-0.2, -0.15) is 13.8 Å². The summed E-state index contributed by atoms with van der Waals surface area (Å²) in [5.41, 5.74) is 6.06. The number of nitrogens with zero attached hydrogens (tertiary/aromatic N) is 2. The normalized spacial score (nSPS) is 12.7. The molecule has 1 heterocycles. The second kappa shape index (κ2) is 5.72. The molecule has 0 radical (unpaired) electrons. The first-order valence-corrected chi connectivity index (χ1v) is 5.35. The fourth-order valence-electron chi connectivity index (χ4n) is 1.36. The number of aliphatic hydroxyl groups excluding tert-OH is 1. The van der Waals surface area contributed by atoms with Crippen molar-refractivity contribution in [1.82, 2.24) is 10.1 Å². The van der Waals surface area contributed by atoms with Crippen LogP contribution in [0.1, 0.15) is 11.9 Å². The SMILES string of the molecule is NC(CO)c1noc(-c2ccc(OC(F)F)cc2)n1. The van der Waals surface area contributed by atoms with Gasteiger partial charge in [-0.3, -0.25) is 0 Å². The molecule has 6 nitrogen and oxygen atoms in total. The van der Waals surface area contributed by atoms with Crippen LogP contribution in [0.4, 0.5) is 8.78 Å². The Hall–Kier alpha value is -2.06. The Kier molecular flexibility index (Phi) is 4.03. The average Bonchev–Trinajstić information content (AvgIpc) is 2.87. The lowest BCUT2D eigenvalue weighted by Crippen LogP contribution is -2.15. The third-order valence-electron chi connectivity index (χ3n) is 2.30. The maximum absolute atomic E-state index is 12.0. The number of nitrogens with two attached hydrogens (primary N) is 1. The maximum Gasteiger partial charge on any atom is 0.387 e. The maximum atomic E-state index is 12.0.